The largest absolute Gasteiger partial charge is 0.481 e. The lowest BCUT2D eigenvalue weighted by molar-refractivity contribution is -0.140. The lowest BCUT2D eigenvalue weighted by Gasteiger charge is -2.08. The molecule has 0 saturated carbocycles. The standard InChI is InChI=1S/C8H10N2O4/c1-2-3-10-7(13)5(4-6(11)12)9-8(10)14/h2,5H,1,3-4H2,(H,9,14)(H,11,12). The quantitative estimate of drug-likeness (QED) is 0.474. The second-order valence-corrected chi connectivity index (χ2v) is 2.84. The summed E-state index contributed by atoms with van der Waals surface area (Å²) >= 11 is 0. The number of carboxylic acid groups (broad SMARTS) is 1. The Kier molecular flexibility index (Phi) is 2.85. The van der Waals surface area contributed by atoms with E-state index in [0.29, 0.717) is 0 Å². The first-order valence-corrected chi connectivity index (χ1v) is 4.01. The van der Waals surface area contributed by atoms with E-state index in [2.05, 4.69) is 11.9 Å². The minimum absolute atomic E-state index is 0.0980. The third kappa shape index (κ3) is 1.90. The van der Waals surface area contributed by atoms with Gasteiger partial charge in [-0.2, -0.15) is 0 Å². The molecule has 0 aromatic rings. The van der Waals surface area contributed by atoms with Crippen LogP contribution in [0.4, 0.5) is 4.79 Å². The van der Waals surface area contributed by atoms with Gasteiger partial charge in [-0.15, -0.1) is 6.58 Å². The van der Waals surface area contributed by atoms with Crippen LogP contribution in [0.15, 0.2) is 12.7 Å². The average molecular weight is 198 g/mol. The topological polar surface area (TPSA) is 86.7 Å². The van der Waals surface area contributed by atoms with E-state index in [1.165, 1.54) is 6.08 Å². The van der Waals surface area contributed by atoms with E-state index < -0.39 is 30.4 Å². The van der Waals surface area contributed by atoms with Gasteiger partial charge in [0, 0.05) is 6.54 Å². The summed E-state index contributed by atoms with van der Waals surface area (Å²) in [7, 11) is 0. The van der Waals surface area contributed by atoms with Crippen molar-refractivity contribution in [1.82, 2.24) is 10.2 Å². The molecule has 1 atom stereocenters. The Bertz CT molecular complexity index is 300. The SMILES string of the molecule is C=CCN1C(=O)NC(CC(=O)O)C1=O. The van der Waals surface area contributed by atoms with Crippen LogP contribution >= 0.6 is 0 Å². The molecule has 0 aromatic carbocycles. The van der Waals surface area contributed by atoms with Gasteiger partial charge in [0.25, 0.3) is 5.91 Å². The maximum atomic E-state index is 11.4. The molecule has 1 aliphatic heterocycles. The van der Waals surface area contributed by atoms with Crippen molar-refractivity contribution in [3.8, 4) is 0 Å². The molecular formula is C8H10N2O4. The van der Waals surface area contributed by atoms with Crippen LogP contribution in [0.1, 0.15) is 6.42 Å². The zero-order valence-corrected chi connectivity index (χ0v) is 7.40. The van der Waals surface area contributed by atoms with Crippen LogP contribution < -0.4 is 5.32 Å². The summed E-state index contributed by atoms with van der Waals surface area (Å²) in [6.07, 6.45) is 1.01. The van der Waals surface area contributed by atoms with Crippen molar-refractivity contribution in [3.05, 3.63) is 12.7 Å². The van der Waals surface area contributed by atoms with Gasteiger partial charge in [0.2, 0.25) is 0 Å². The van der Waals surface area contributed by atoms with Gasteiger partial charge in [-0.1, -0.05) is 6.08 Å². The number of hydrogen-bond donors (Lipinski definition) is 2. The number of carboxylic acids is 1. The molecule has 14 heavy (non-hydrogen) atoms. The number of carbonyl (C=O) groups is 3. The van der Waals surface area contributed by atoms with Crippen LogP contribution in [0, 0.1) is 0 Å². The number of amides is 3. The molecule has 6 nitrogen and oxygen atoms in total. The van der Waals surface area contributed by atoms with Gasteiger partial charge in [-0.05, 0) is 0 Å². The first-order chi connectivity index (χ1) is 6.56. The minimum Gasteiger partial charge on any atom is -0.481 e. The number of carbonyl (C=O) groups excluding carboxylic acids is 2. The summed E-state index contributed by atoms with van der Waals surface area (Å²) in [5.74, 6) is -1.64. The molecule has 2 N–H and O–H groups in total. The molecule has 1 rings (SSSR count). The molecule has 1 fully saturated rings. The van der Waals surface area contributed by atoms with Crippen LogP contribution in [-0.4, -0.2) is 40.5 Å². The van der Waals surface area contributed by atoms with Crippen molar-refractivity contribution in [2.45, 2.75) is 12.5 Å². The average Bonchev–Trinajstić information content (AvgIpc) is 2.32. The van der Waals surface area contributed by atoms with E-state index in [-0.39, 0.29) is 6.54 Å². The number of nitrogens with one attached hydrogen (secondary N) is 1. The number of nitrogens with zero attached hydrogens (tertiary/aromatic N) is 1. The van der Waals surface area contributed by atoms with Crippen molar-refractivity contribution < 1.29 is 19.5 Å². The van der Waals surface area contributed by atoms with Crippen LogP contribution in [0.2, 0.25) is 0 Å². The van der Waals surface area contributed by atoms with E-state index in [1.807, 2.05) is 0 Å². The fourth-order valence-corrected chi connectivity index (χ4v) is 1.19. The van der Waals surface area contributed by atoms with Crippen LogP contribution in [-0.2, 0) is 9.59 Å². The molecule has 1 saturated heterocycles. The molecule has 1 heterocycles. The van der Waals surface area contributed by atoms with Crippen molar-refractivity contribution in [3.63, 3.8) is 0 Å². The Morgan fingerprint density at radius 1 is 1.64 bits per heavy atom. The highest BCUT2D eigenvalue weighted by molar-refractivity contribution is 6.05. The monoisotopic (exact) mass is 198 g/mol. The second-order valence-electron chi connectivity index (χ2n) is 2.84. The summed E-state index contributed by atoms with van der Waals surface area (Å²) in [6, 6.07) is -1.51. The van der Waals surface area contributed by atoms with Crippen molar-refractivity contribution in [2.24, 2.45) is 0 Å². The molecule has 1 aliphatic rings. The molecule has 0 aromatic heterocycles. The van der Waals surface area contributed by atoms with E-state index in [1.54, 1.807) is 0 Å². The number of hydrogen-bond acceptors (Lipinski definition) is 3. The van der Waals surface area contributed by atoms with E-state index in [9.17, 15) is 14.4 Å². The molecule has 76 valence electrons. The summed E-state index contributed by atoms with van der Waals surface area (Å²) < 4.78 is 0. The first-order valence-electron chi connectivity index (χ1n) is 4.01. The molecule has 0 spiro atoms. The molecule has 0 radical (unpaired) electrons. The van der Waals surface area contributed by atoms with Gasteiger partial charge in [-0.3, -0.25) is 14.5 Å². The maximum absolute atomic E-state index is 11.4. The Morgan fingerprint density at radius 2 is 2.29 bits per heavy atom. The van der Waals surface area contributed by atoms with Crippen LogP contribution in [0.25, 0.3) is 0 Å². The highest BCUT2D eigenvalue weighted by atomic mass is 16.4. The van der Waals surface area contributed by atoms with Gasteiger partial charge in [0.15, 0.2) is 0 Å². The lowest BCUT2D eigenvalue weighted by Crippen LogP contribution is -2.32. The highest BCUT2D eigenvalue weighted by Gasteiger charge is 2.38. The fraction of sp³-hybridized carbons (Fsp3) is 0.375. The van der Waals surface area contributed by atoms with Crippen molar-refractivity contribution in [1.29, 1.82) is 0 Å². The smallest absolute Gasteiger partial charge is 0.325 e. The van der Waals surface area contributed by atoms with Gasteiger partial charge in [0.1, 0.15) is 6.04 Å². The minimum atomic E-state index is -1.12. The number of urea groups is 1. The zero-order valence-electron chi connectivity index (χ0n) is 7.40. The van der Waals surface area contributed by atoms with Crippen molar-refractivity contribution >= 4 is 17.9 Å². The highest BCUT2D eigenvalue weighted by Crippen LogP contribution is 2.08. The van der Waals surface area contributed by atoms with Gasteiger partial charge < -0.3 is 10.4 Å². The van der Waals surface area contributed by atoms with Gasteiger partial charge >= 0.3 is 12.0 Å². The Morgan fingerprint density at radius 3 is 2.79 bits per heavy atom. The van der Waals surface area contributed by atoms with Gasteiger partial charge in [-0.25, -0.2) is 4.79 Å². The van der Waals surface area contributed by atoms with E-state index in [0.717, 1.165) is 4.90 Å². The molecule has 6 heteroatoms. The van der Waals surface area contributed by atoms with Gasteiger partial charge in [0.05, 0.1) is 6.42 Å². The molecule has 0 aliphatic carbocycles. The lowest BCUT2D eigenvalue weighted by atomic mass is 10.2. The molecule has 0 bridgehead atoms. The predicted molar refractivity (Wildman–Crippen MR) is 46.5 cm³/mol. The Labute approximate surface area is 80.2 Å². The maximum Gasteiger partial charge on any atom is 0.325 e. The van der Waals surface area contributed by atoms with Crippen LogP contribution in [0.5, 0.6) is 0 Å². The van der Waals surface area contributed by atoms with E-state index >= 15 is 0 Å². The predicted octanol–water partition coefficient (Wildman–Crippen LogP) is -0.432. The third-order valence-electron chi connectivity index (χ3n) is 1.80. The third-order valence-corrected chi connectivity index (χ3v) is 1.80. The number of rotatable bonds is 4. The normalized spacial score (nSPS) is 20.9. The summed E-state index contributed by atoms with van der Waals surface area (Å²) in [5, 5.41) is 10.7. The summed E-state index contributed by atoms with van der Waals surface area (Å²) in [6.45, 7) is 3.49. The number of imide groups is 1. The number of aliphatic carboxylic acids is 1. The van der Waals surface area contributed by atoms with E-state index in [4.69, 9.17) is 5.11 Å². The molecule has 1 unspecified atom stereocenters. The fourth-order valence-electron chi connectivity index (χ4n) is 1.19. The Balaban J connectivity index is 2.68. The zero-order chi connectivity index (χ0) is 10.7. The molecule has 3 amide bonds. The second kappa shape index (κ2) is 3.91. The first kappa shape index (κ1) is 10.2. The van der Waals surface area contributed by atoms with Crippen molar-refractivity contribution in [2.75, 3.05) is 6.54 Å². The molecular weight excluding hydrogens is 188 g/mol. The Hall–Kier alpha value is -1.85. The summed E-state index contributed by atoms with van der Waals surface area (Å²) in [5.41, 5.74) is 0. The van der Waals surface area contributed by atoms with Crippen LogP contribution in [0.3, 0.4) is 0 Å². The summed E-state index contributed by atoms with van der Waals surface area (Å²) in [4.78, 5) is 33.8.